The Labute approximate surface area is 115 Å². The summed E-state index contributed by atoms with van der Waals surface area (Å²) in [5.41, 5.74) is 1.00. The molecule has 0 aliphatic rings. The molecule has 0 amide bonds. The molecule has 0 aliphatic carbocycles. The zero-order chi connectivity index (χ0) is 14.1. The maximum Gasteiger partial charge on any atom is 0.130 e. The Kier molecular flexibility index (Phi) is 7.07. The Morgan fingerprint density at radius 2 is 1.47 bits per heavy atom. The van der Waals surface area contributed by atoms with Gasteiger partial charge < -0.3 is 24.8 Å². The third kappa shape index (κ3) is 4.61. The van der Waals surface area contributed by atoms with Gasteiger partial charge >= 0.3 is 0 Å². The Balaban J connectivity index is 2.73. The number of methoxy groups -OCH3 is 3. The van der Waals surface area contributed by atoms with Crippen molar-refractivity contribution in [2.45, 2.75) is 13.5 Å². The molecule has 0 saturated heterocycles. The van der Waals surface area contributed by atoms with Crippen LogP contribution in [0.1, 0.15) is 12.5 Å². The summed E-state index contributed by atoms with van der Waals surface area (Å²) >= 11 is 0. The van der Waals surface area contributed by atoms with E-state index in [1.165, 1.54) is 0 Å². The molecule has 0 saturated carbocycles. The minimum Gasteiger partial charge on any atom is -0.496 e. The summed E-state index contributed by atoms with van der Waals surface area (Å²) in [6, 6.07) is 3.73. The Morgan fingerprint density at radius 1 is 0.895 bits per heavy atom. The van der Waals surface area contributed by atoms with Gasteiger partial charge in [0, 0.05) is 31.8 Å². The van der Waals surface area contributed by atoms with Gasteiger partial charge in [0.15, 0.2) is 0 Å². The normalized spacial score (nSPS) is 10.3. The van der Waals surface area contributed by atoms with Gasteiger partial charge in [-0.3, -0.25) is 0 Å². The van der Waals surface area contributed by atoms with Gasteiger partial charge in [0.1, 0.15) is 17.2 Å². The highest BCUT2D eigenvalue weighted by atomic mass is 16.5. The summed E-state index contributed by atoms with van der Waals surface area (Å²) in [5.74, 6) is 2.27. The van der Waals surface area contributed by atoms with Crippen LogP contribution in [-0.4, -0.2) is 41.0 Å². The van der Waals surface area contributed by atoms with Crippen molar-refractivity contribution in [2.24, 2.45) is 0 Å². The van der Waals surface area contributed by atoms with Crippen LogP contribution in [0.25, 0.3) is 0 Å². The first-order valence-electron chi connectivity index (χ1n) is 6.47. The zero-order valence-corrected chi connectivity index (χ0v) is 12.2. The number of hydrogen-bond acceptors (Lipinski definition) is 5. The van der Waals surface area contributed by atoms with Crippen molar-refractivity contribution in [3.05, 3.63) is 17.7 Å². The minimum absolute atomic E-state index is 0.696. The van der Waals surface area contributed by atoms with Crippen LogP contribution in [0, 0.1) is 0 Å². The molecule has 0 unspecified atom stereocenters. The Morgan fingerprint density at radius 3 is 1.95 bits per heavy atom. The largest absolute Gasteiger partial charge is 0.496 e. The molecule has 5 nitrogen and oxygen atoms in total. The molecule has 0 aliphatic heterocycles. The summed E-state index contributed by atoms with van der Waals surface area (Å²) in [6.45, 7) is 5.61. The van der Waals surface area contributed by atoms with Gasteiger partial charge in [-0.1, -0.05) is 6.92 Å². The lowest BCUT2D eigenvalue weighted by molar-refractivity contribution is 0.366. The predicted molar refractivity (Wildman–Crippen MR) is 76.3 cm³/mol. The molecule has 2 N–H and O–H groups in total. The van der Waals surface area contributed by atoms with Crippen LogP contribution in [0.15, 0.2) is 12.1 Å². The molecule has 19 heavy (non-hydrogen) atoms. The third-order valence-electron chi connectivity index (χ3n) is 2.85. The van der Waals surface area contributed by atoms with Crippen molar-refractivity contribution in [3.8, 4) is 17.2 Å². The number of rotatable bonds is 9. The molecule has 0 bridgehead atoms. The first-order chi connectivity index (χ1) is 9.26. The first kappa shape index (κ1) is 15.6. The van der Waals surface area contributed by atoms with Gasteiger partial charge in [-0.15, -0.1) is 0 Å². The summed E-state index contributed by atoms with van der Waals surface area (Å²) < 4.78 is 16.0. The maximum atomic E-state index is 5.39. The van der Waals surface area contributed by atoms with E-state index in [0.29, 0.717) is 6.54 Å². The fraction of sp³-hybridized carbons (Fsp3) is 0.571. The number of benzene rings is 1. The molecule has 1 aromatic rings. The predicted octanol–water partition coefficient (Wildman–Crippen LogP) is 1.41. The quantitative estimate of drug-likeness (QED) is 0.663. The van der Waals surface area contributed by atoms with Gasteiger partial charge in [0.05, 0.1) is 26.9 Å². The van der Waals surface area contributed by atoms with Crippen molar-refractivity contribution in [2.75, 3.05) is 41.0 Å². The zero-order valence-electron chi connectivity index (χ0n) is 12.2. The molecular formula is C14H24N2O3. The molecular weight excluding hydrogens is 244 g/mol. The van der Waals surface area contributed by atoms with E-state index in [0.717, 1.165) is 42.4 Å². The van der Waals surface area contributed by atoms with Gasteiger partial charge in [-0.05, 0) is 6.54 Å². The van der Waals surface area contributed by atoms with Gasteiger partial charge in [-0.25, -0.2) is 0 Å². The van der Waals surface area contributed by atoms with Crippen molar-refractivity contribution >= 4 is 0 Å². The number of hydrogen-bond donors (Lipinski definition) is 2. The van der Waals surface area contributed by atoms with Crippen molar-refractivity contribution < 1.29 is 14.2 Å². The fourth-order valence-corrected chi connectivity index (χ4v) is 1.82. The van der Waals surface area contributed by atoms with Crippen LogP contribution in [0.3, 0.4) is 0 Å². The molecule has 108 valence electrons. The highest BCUT2D eigenvalue weighted by Crippen LogP contribution is 2.33. The monoisotopic (exact) mass is 268 g/mol. The van der Waals surface area contributed by atoms with E-state index in [4.69, 9.17) is 14.2 Å². The molecule has 5 heteroatoms. The summed E-state index contributed by atoms with van der Waals surface area (Å²) in [4.78, 5) is 0. The smallest absolute Gasteiger partial charge is 0.130 e. The first-order valence-corrected chi connectivity index (χ1v) is 6.47. The number of nitrogens with one attached hydrogen (secondary N) is 2. The molecule has 1 aromatic carbocycles. The molecule has 0 spiro atoms. The van der Waals surface area contributed by atoms with Gasteiger partial charge in [0.25, 0.3) is 0 Å². The molecule has 0 radical (unpaired) electrons. The summed E-state index contributed by atoms with van der Waals surface area (Å²) in [6.07, 6.45) is 0. The van der Waals surface area contributed by atoms with Crippen LogP contribution in [0.2, 0.25) is 0 Å². The third-order valence-corrected chi connectivity index (χ3v) is 2.85. The molecule has 1 rings (SSSR count). The van der Waals surface area contributed by atoms with Crippen LogP contribution < -0.4 is 24.8 Å². The van der Waals surface area contributed by atoms with E-state index < -0.39 is 0 Å². The standard InChI is InChI=1S/C14H24N2O3/c1-5-15-6-7-16-10-12-13(18-3)8-11(17-2)9-14(12)19-4/h8-9,15-16H,5-7,10H2,1-4H3. The van der Waals surface area contributed by atoms with E-state index >= 15 is 0 Å². The van der Waals surface area contributed by atoms with Crippen LogP contribution in [-0.2, 0) is 6.54 Å². The summed E-state index contributed by atoms with van der Waals surface area (Å²) in [5, 5.41) is 6.63. The average molecular weight is 268 g/mol. The Bertz CT molecular complexity index is 358. The second kappa shape index (κ2) is 8.61. The van der Waals surface area contributed by atoms with Crippen molar-refractivity contribution in [1.82, 2.24) is 10.6 Å². The van der Waals surface area contributed by atoms with E-state index in [-0.39, 0.29) is 0 Å². The highest BCUT2D eigenvalue weighted by Gasteiger charge is 2.12. The van der Waals surface area contributed by atoms with E-state index in [9.17, 15) is 0 Å². The lowest BCUT2D eigenvalue weighted by Crippen LogP contribution is -2.27. The lowest BCUT2D eigenvalue weighted by atomic mass is 10.1. The minimum atomic E-state index is 0.696. The topological polar surface area (TPSA) is 51.8 Å². The average Bonchev–Trinajstić information content (AvgIpc) is 2.46. The van der Waals surface area contributed by atoms with Crippen LogP contribution in [0.5, 0.6) is 17.2 Å². The molecule has 0 atom stereocenters. The highest BCUT2D eigenvalue weighted by molar-refractivity contribution is 5.50. The van der Waals surface area contributed by atoms with E-state index in [2.05, 4.69) is 17.6 Å². The maximum absolute atomic E-state index is 5.39. The second-order valence-corrected chi connectivity index (χ2v) is 4.04. The molecule has 0 fully saturated rings. The van der Waals surface area contributed by atoms with Crippen molar-refractivity contribution in [3.63, 3.8) is 0 Å². The SMILES string of the molecule is CCNCCNCc1c(OC)cc(OC)cc1OC. The number of ether oxygens (including phenoxy) is 3. The van der Waals surface area contributed by atoms with Gasteiger partial charge in [0.2, 0.25) is 0 Å². The summed E-state index contributed by atoms with van der Waals surface area (Å²) in [7, 11) is 4.93. The van der Waals surface area contributed by atoms with E-state index in [1.54, 1.807) is 21.3 Å². The molecule has 0 heterocycles. The fourth-order valence-electron chi connectivity index (χ4n) is 1.82. The van der Waals surface area contributed by atoms with Gasteiger partial charge in [-0.2, -0.15) is 0 Å². The molecule has 0 aromatic heterocycles. The van der Waals surface area contributed by atoms with Crippen LogP contribution >= 0.6 is 0 Å². The Hall–Kier alpha value is -1.46. The lowest BCUT2D eigenvalue weighted by Gasteiger charge is -2.15. The van der Waals surface area contributed by atoms with Crippen molar-refractivity contribution in [1.29, 1.82) is 0 Å². The second-order valence-electron chi connectivity index (χ2n) is 4.04. The van der Waals surface area contributed by atoms with E-state index in [1.807, 2.05) is 12.1 Å². The van der Waals surface area contributed by atoms with Crippen LogP contribution in [0.4, 0.5) is 0 Å². The number of likely N-dealkylation sites (N-methyl/N-ethyl adjacent to an activating group) is 1.